The Morgan fingerprint density at radius 3 is 2.29 bits per heavy atom. The van der Waals surface area contributed by atoms with Crippen LogP contribution >= 0.6 is 0 Å². The van der Waals surface area contributed by atoms with E-state index in [1.54, 1.807) is 0 Å². The fraction of sp³-hybridized carbons (Fsp3) is 0.500. The summed E-state index contributed by atoms with van der Waals surface area (Å²) in [6.07, 6.45) is 2.08. The molecule has 3 rings (SSSR count). The van der Waals surface area contributed by atoms with Crippen molar-refractivity contribution in [1.82, 2.24) is 9.03 Å². The van der Waals surface area contributed by atoms with E-state index in [0.29, 0.717) is 6.42 Å². The third-order valence-electron chi connectivity index (χ3n) is 4.11. The summed E-state index contributed by atoms with van der Waals surface area (Å²) >= 11 is 0. The van der Waals surface area contributed by atoms with Gasteiger partial charge in [0.1, 0.15) is 15.8 Å². The second kappa shape index (κ2) is 6.10. The molecule has 0 spiro atoms. The zero-order valence-electron chi connectivity index (χ0n) is 12.8. The number of carboxylic acids is 1. The number of benzene rings is 1. The van der Waals surface area contributed by atoms with Crippen molar-refractivity contribution in [3.05, 3.63) is 24.3 Å². The molecule has 0 aromatic heterocycles. The Labute approximate surface area is 140 Å². The van der Waals surface area contributed by atoms with Crippen molar-refractivity contribution in [2.75, 3.05) is 6.54 Å². The molecule has 1 aromatic carbocycles. The highest BCUT2D eigenvalue weighted by atomic mass is 32.2. The van der Waals surface area contributed by atoms with Crippen molar-refractivity contribution < 1.29 is 26.7 Å². The molecule has 0 bridgehead atoms. The molecule has 1 aliphatic heterocycles. The minimum Gasteiger partial charge on any atom is -0.480 e. The van der Waals surface area contributed by atoms with Gasteiger partial charge in [-0.15, -0.1) is 0 Å². The van der Waals surface area contributed by atoms with E-state index in [9.17, 15) is 26.7 Å². The summed E-state index contributed by atoms with van der Waals surface area (Å²) in [5.74, 6) is -1.23. The second-order valence-corrected chi connectivity index (χ2v) is 9.50. The van der Waals surface area contributed by atoms with Crippen molar-refractivity contribution in [1.29, 1.82) is 0 Å². The Hall–Kier alpha value is -1.49. The summed E-state index contributed by atoms with van der Waals surface area (Å²) in [6.45, 7) is 0.0593. The minimum absolute atomic E-state index is 0.0593. The smallest absolute Gasteiger partial charge is 0.322 e. The number of aliphatic carboxylic acids is 1. The topological polar surface area (TPSA) is 121 Å². The summed E-state index contributed by atoms with van der Waals surface area (Å²) in [5, 5.41) is 9.21. The van der Waals surface area contributed by atoms with Gasteiger partial charge in [0, 0.05) is 12.6 Å². The maximum Gasteiger partial charge on any atom is 0.322 e. The molecule has 1 saturated carbocycles. The van der Waals surface area contributed by atoms with Gasteiger partial charge in [0.25, 0.3) is 0 Å². The van der Waals surface area contributed by atoms with E-state index in [4.69, 9.17) is 0 Å². The summed E-state index contributed by atoms with van der Waals surface area (Å²) in [7, 11) is -8.21. The molecular formula is C14H18N2O6S2. The highest BCUT2D eigenvalue weighted by Crippen LogP contribution is 2.31. The lowest BCUT2D eigenvalue weighted by atomic mass is 10.2. The molecule has 8 nitrogen and oxygen atoms in total. The van der Waals surface area contributed by atoms with Crippen molar-refractivity contribution in [3.63, 3.8) is 0 Å². The molecule has 132 valence electrons. The lowest BCUT2D eigenvalue weighted by molar-refractivity contribution is -0.140. The molecule has 24 heavy (non-hydrogen) atoms. The normalized spacial score (nSPS) is 22.6. The molecule has 1 atom stereocenters. The van der Waals surface area contributed by atoms with Gasteiger partial charge in [0.05, 0.1) is 0 Å². The number of hydrogen-bond acceptors (Lipinski definition) is 5. The van der Waals surface area contributed by atoms with Crippen LogP contribution in [0.25, 0.3) is 0 Å². The van der Waals surface area contributed by atoms with Gasteiger partial charge in [-0.25, -0.2) is 21.6 Å². The van der Waals surface area contributed by atoms with E-state index < -0.39 is 32.1 Å². The number of carboxylic acid groups (broad SMARTS) is 1. The number of sulfonamides is 2. The Morgan fingerprint density at radius 2 is 1.71 bits per heavy atom. The molecule has 2 fully saturated rings. The Balaban J connectivity index is 2.04. The maximum atomic E-state index is 12.9. The molecule has 1 saturated heterocycles. The van der Waals surface area contributed by atoms with Crippen molar-refractivity contribution in [3.8, 4) is 0 Å². The van der Waals surface area contributed by atoms with E-state index in [0.717, 1.165) is 17.1 Å². The van der Waals surface area contributed by atoms with Crippen molar-refractivity contribution >= 4 is 26.0 Å². The zero-order valence-corrected chi connectivity index (χ0v) is 14.4. The van der Waals surface area contributed by atoms with E-state index in [1.807, 2.05) is 0 Å². The number of rotatable bonds is 6. The third kappa shape index (κ3) is 3.18. The molecule has 10 heteroatoms. The van der Waals surface area contributed by atoms with Gasteiger partial charge in [0.2, 0.25) is 20.0 Å². The fourth-order valence-corrected chi connectivity index (χ4v) is 6.53. The summed E-state index contributed by atoms with van der Waals surface area (Å²) in [6, 6.07) is 3.97. The zero-order chi connectivity index (χ0) is 17.5. The van der Waals surface area contributed by atoms with Gasteiger partial charge >= 0.3 is 5.97 Å². The van der Waals surface area contributed by atoms with E-state index in [2.05, 4.69) is 4.72 Å². The molecular weight excluding hydrogens is 356 g/mol. The van der Waals surface area contributed by atoms with Crippen LogP contribution in [-0.4, -0.2) is 50.8 Å². The molecule has 0 unspecified atom stereocenters. The highest BCUT2D eigenvalue weighted by molar-refractivity contribution is 7.92. The van der Waals surface area contributed by atoms with Gasteiger partial charge in [-0.2, -0.15) is 4.31 Å². The van der Waals surface area contributed by atoms with Gasteiger partial charge in [-0.1, -0.05) is 12.1 Å². The van der Waals surface area contributed by atoms with E-state index in [-0.39, 0.29) is 28.8 Å². The van der Waals surface area contributed by atoms with Crippen molar-refractivity contribution in [2.24, 2.45) is 0 Å². The lowest BCUT2D eigenvalue weighted by Crippen LogP contribution is -2.41. The highest BCUT2D eigenvalue weighted by Gasteiger charge is 2.42. The van der Waals surface area contributed by atoms with Crippen molar-refractivity contribution in [2.45, 2.75) is 47.6 Å². The second-order valence-electron chi connectivity index (χ2n) is 5.95. The molecule has 0 amide bonds. The maximum absolute atomic E-state index is 12.9. The van der Waals surface area contributed by atoms with Gasteiger partial charge in [-0.05, 0) is 37.8 Å². The third-order valence-corrected chi connectivity index (χ3v) is 7.79. The van der Waals surface area contributed by atoms with Crippen LogP contribution < -0.4 is 4.72 Å². The largest absolute Gasteiger partial charge is 0.480 e. The quantitative estimate of drug-likeness (QED) is 0.742. The number of carbonyl (C=O) groups is 1. The molecule has 1 aromatic rings. The van der Waals surface area contributed by atoms with Gasteiger partial charge in [-0.3, -0.25) is 4.79 Å². The van der Waals surface area contributed by atoms with Crippen LogP contribution in [0.1, 0.15) is 25.7 Å². The predicted molar refractivity (Wildman–Crippen MR) is 84.3 cm³/mol. The Kier molecular flexibility index (Phi) is 4.41. The first-order chi connectivity index (χ1) is 11.2. The first-order valence-electron chi connectivity index (χ1n) is 7.59. The molecule has 2 aliphatic rings. The molecule has 1 aliphatic carbocycles. The van der Waals surface area contributed by atoms with Crippen LogP contribution in [0, 0.1) is 0 Å². The van der Waals surface area contributed by atoms with Crippen LogP contribution in [0.15, 0.2) is 34.1 Å². The standard InChI is InChI=1S/C14H18N2O6S2/c17-14(18)11-4-3-9-16(11)24(21,22)13-6-2-1-5-12(13)23(19,20)15-10-7-8-10/h1-2,5-6,10-11,15H,3-4,7-9H2,(H,17,18)/t11-/m0/s1. The molecule has 2 N–H and O–H groups in total. The number of nitrogens with one attached hydrogen (secondary N) is 1. The fourth-order valence-electron chi connectivity index (χ4n) is 2.77. The van der Waals surface area contributed by atoms with Crippen LogP contribution in [0.2, 0.25) is 0 Å². The van der Waals surface area contributed by atoms with E-state index in [1.165, 1.54) is 24.3 Å². The van der Waals surface area contributed by atoms with Crippen LogP contribution in [0.3, 0.4) is 0 Å². The average molecular weight is 374 g/mol. The number of nitrogens with zero attached hydrogens (tertiary/aromatic N) is 1. The first kappa shape index (κ1) is 17.3. The van der Waals surface area contributed by atoms with Gasteiger partial charge < -0.3 is 5.11 Å². The predicted octanol–water partition coefficient (Wildman–Crippen LogP) is 0.365. The minimum atomic E-state index is -4.23. The van der Waals surface area contributed by atoms with Crippen LogP contribution in [0.5, 0.6) is 0 Å². The SMILES string of the molecule is O=C(O)[C@@H]1CCCN1S(=O)(=O)c1ccccc1S(=O)(=O)NC1CC1. The summed E-state index contributed by atoms with van der Waals surface area (Å²) in [5.41, 5.74) is 0. The van der Waals surface area contributed by atoms with E-state index >= 15 is 0 Å². The number of hydrogen-bond donors (Lipinski definition) is 2. The monoisotopic (exact) mass is 374 g/mol. The summed E-state index contributed by atoms with van der Waals surface area (Å²) < 4.78 is 54.0. The Morgan fingerprint density at radius 1 is 1.08 bits per heavy atom. The Bertz CT molecular complexity index is 861. The van der Waals surface area contributed by atoms with Crippen LogP contribution in [0.4, 0.5) is 0 Å². The average Bonchev–Trinajstić information content (AvgIpc) is 3.17. The molecule has 1 heterocycles. The summed E-state index contributed by atoms with van der Waals surface area (Å²) in [4.78, 5) is 10.6. The van der Waals surface area contributed by atoms with Gasteiger partial charge in [0.15, 0.2) is 0 Å². The molecule has 0 radical (unpaired) electrons. The first-order valence-corrected chi connectivity index (χ1v) is 10.5. The van der Waals surface area contributed by atoms with Crippen LogP contribution in [-0.2, 0) is 24.8 Å². The lowest BCUT2D eigenvalue weighted by Gasteiger charge is -2.22.